The molecule has 0 atom stereocenters. The molecule has 0 saturated carbocycles. The van der Waals surface area contributed by atoms with Crippen LogP contribution in [0.15, 0.2) is 0 Å². The van der Waals surface area contributed by atoms with Gasteiger partial charge in [0.1, 0.15) is 0 Å². The Labute approximate surface area is 127 Å². The molecule has 0 aromatic carbocycles. The molecule has 0 bridgehead atoms. The molecule has 126 valence electrons. The lowest BCUT2D eigenvalue weighted by Crippen LogP contribution is -2.35. The molecule has 21 heavy (non-hydrogen) atoms. The summed E-state index contributed by atoms with van der Waals surface area (Å²) in [7, 11) is 0. The van der Waals surface area contributed by atoms with Gasteiger partial charge >= 0.3 is 0 Å². The van der Waals surface area contributed by atoms with E-state index in [9.17, 15) is 0 Å². The Morgan fingerprint density at radius 1 is 0.571 bits per heavy atom. The van der Waals surface area contributed by atoms with E-state index in [4.69, 9.17) is 24.4 Å². The van der Waals surface area contributed by atoms with E-state index in [2.05, 4.69) is 9.80 Å². The van der Waals surface area contributed by atoms with Crippen molar-refractivity contribution in [3.63, 3.8) is 0 Å². The first-order chi connectivity index (χ1) is 10.4. The first-order valence-corrected chi connectivity index (χ1v) is 7.76. The van der Waals surface area contributed by atoms with E-state index in [0.29, 0.717) is 52.7 Å². The Balaban J connectivity index is 2.33. The Bertz CT molecular complexity index is 211. The minimum Gasteiger partial charge on any atom is -0.395 e. The number of nitrogens with zero attached hydrogens (tertiary/aromatic N) is 2. The Morgan fingerprint density at radius 3 is 1.24 bits per heavy atom. The van der Waals surface area contributed by atoms with Crippen LogP contribution >= 0.6 is 0 Å². The van der Waals surface area contributed by atoms with Crippen LogP contribution in [0.3, 0.4) is 0 Å². The number of aliphatic hydroxyl groups excluding tert-OH is 2. The van der Waals surface area contributed by atoms with Crippen molar-refractivity contribution in [2.24, 2.45) is 0 Å². The lowest BCUT2D eigenvalue weighted by molar-refractivity contribution is 0.0299. The standard InChI is InChI=1S/C14H30N2O5/c17-7-1-15-3-9-19-10-4-16(2-8-18)6-12-21-14-13-20-11-5-15/h17-18H,1-14H2. The average Bonchev–Trinajstić information content (AvgIpc) is 2.49. The van der Waals surface area contributed by atoms with Crippen LogP contribution in [0.1, 0.15) is 0 Å². The second-order valence-corrected chi connectivity index (χ2v) is 4.97. The Hall–Kier alpha value is -0.280. The molecule has 1 aliphatic heterocycles. The van der Waals surface area contributed by atoms with Gasteiger partial charge in [-0.2, -0.15) is 0 Å². The van der Waals surface area contributed by atoms with Crippen molar-refractivity contribution in [1.29, 1.82) is 0 Å². The van der Waals surface area contributed by atoms with Gasteiger partial charge in [-0.3, -0.25) is 9.80 Å². The molecule has 0 radical (unpaired) electrons. The zero-order chi connectivity index (χ0) is 15.2. The van der Waals surface area contributed by atoms with Gasteiger partial charge in [-0.05, 0) is 0 Å². The second-order valence-electron chi connectivity index (χ2n) is 4.97. The predicted molar refractivity (Wildman–Crippen MR) is 79.5 cm³/mol. The summed E-state index contributed by atoms with van der Waals surface area (Å²) >= 11 is 0. The molecular weight excluding hydrogens is 276 g/mol. The van der Waals surface area contributed by atoms with Crippen molar-refractivity contribution in [2.45, 2.75) is 0 Å². The third-order valence-corrected chi connectivity index (χ3v) is 3.41. The average molecular weight is 306 g/mol. The van der Waals surface area contributed by atoms with Crippen molar-refractivity contribution in [3.05, 3.63) is 0 Å². The van der Waals surface area contributed by atoms with E-state index in [1.165, 1.54) is 0 Å². The molecule has 1 aliphatic rings. The SMILES string of the molecule is OCCN1CCOCCOCCN(CCO)CCOCC1. The predicted octanol–water partition coefficient (Wildman–Crippen LogP) is -1.36. The summed E-state index contributed by atoms with van der Waals surface area (Å²) in [5.41, 5.74) is 0. The summed E-state index contributed by atoms with van der Waals surface area (Å²) in [6.07, 6.45) is 0. The van der Waals surface area contributed by atoms with Crippen molar-refractivity contribution < 1.29 is 24.4 Å². The fourth-order valence-electron chi connectivity index (χ4n) is 2.15. The zero-order valence-corrected chi connectivity index (χ0v) is 12.9. The van der Waals surface area contributed by atoms with Crippen molar-refractivity contribution in [2.75, 3.05) is 92.1 Å². The van der Waals surface area contributed by atoms with Crippen LogP contribution in [0.5, 0.6) is 0 Å². The van der Waals surface area contributed by atoms with Gasteiger partial charge in [0, 0.05) is 39.3 Å². The third-order valence-electron chi connectivity index (χ3n) is 3.41. The Morgan fingerprint density at radius 2 is 0.905 bits per heavy atom. The summed E-state index contributed by atoms with van der Waals surface area (Å²) in [5.74, 6) is 0. The largest absolute Gasteiger partial charge is 0.395 e. The van der Waals surface area contributed by atoms with Gasteiger partial charge in [0.2, 0.25) is 0 Å². The molecule has 0 amide bonds. The summed E-state index contributed by atoms with van der Waals surface area (Å²) < 4.78 is 16.7. The monoisotopic (exact) mass is 306 g/mol. The molecule has 0 unspecified atom stereocenters. The van der Waals surface area contributed by atoms with Crippen LogP contribution in [0.25, 0.3) is 0 Å². The van der Waals surface area contributed by atoms with Crippen molar-refractivity contribution >= 4 is 0 Å². The maximum atomic E-state index is 9.05. The van der Waals surface area contributed by atoms with Gasteiger partial charge in [0.15, 0.2) is 0 Å². The lowest BCUT2D eigenvalue weighted by atomic mass is 10.4. The highest BCUT2D eigenvalue weighted by atomic mass is 16.5. The molecule has 0 aliphatic carbocycles. The minimum absolute atomic E-state index is 0.146. The normalized spacial score (nSPS) is 22.6. The molecule has 0 spiro atoms. The molecule has 1 fully saturated rings. The molecule has 1 heterocycles. The fraction of sp³-hybridized carbons (Fsp3) is 1.00. The minimum atomic E-state index is 0.146. The van der Waals surface area contributed by atoms with E-state index in [-0.39, 0.29) is 13.2 Å². The number of aliphatic hydroxyl groups is 2. The zero-order valence-electron chi connectivity index (χ0n) is 12.9. The number of hydrogen-bond acceptors (Lipinski definition) is 7. The second kappa shape index (κ2) is 13.4. The van der Waals surface area contributed by atoms with E-state index < -0.39 is 0 Å². The maximum absolute atomic E-state index is 9.05. The maximum Gasteiger partial charge on any atom is 0.0701 e. The van der Waals surface area contributed by atoms with Gasteiger partial charge in [-0.25, -0.2) is 0 Å². The van der Waals surface area contributed by atoms with Crippen LogP contribution < -0.4 is 0 Å². The van der Waals surface area contributed by atoms with Crippen molar-refractivity contribution in [1.82, 2.24) is 9.80 Å². The highest BCUT2D eigenvalue weighted by Crippen LogP contribution is 1.94. The molecule has 0 aromatic rings. The number of rotatable bonds is 4. The van der Waals surface area contributed by atoms with Crippen LogP contribution in [0.4, 0.5) is 0 Å². The molecule has 7 nitrogen and oxygen atoms in total. The molecule has 0 aromatic heterocycles. The molecule has 1 saturated heterocycles. The van der Waals surface area contributed by atoms with Crippen molar-refractivity contribution in [3.8, 4) is 0 Å². The van der Waals surface area contributed by atoms with Gasteiger partial charge in [-0.1, -0.05) is 0 Å². The number of ether oxygens (including phenoxy) is 3. The highest BCUT2D eigenvalue weighted by Gasteiger charge is 2.07. The first-order valence-electron chi connectivity index (χ1n) is 7.76. The van der Waals surface area contributed by atoms with Gasteiger partial charge < -0.3 is 24.4 Å². The van der Waals surface area contributed by atoms with Crippen LogP contribution in [0, 0.1) is 0 Å². The number of β-amino-alcohol motifs (C(OH)–C–C–N with tert-alkyl or cyclic N) is 2. The van der Waals surface area contributed by atoms with Crippen LogP contribution in [-0.2, 0) is 14.2 Å². The summed E-state index contributed by atoms with van der Waals surface area (Å²) in [6.45, 7) is 8.47. The molecule has 2 N–H and O–H groups in total. The molecular formula is C14H30N2O5. The molecule has 1 rings (SSSR count). The quantitative estimate of drug-likeness (QED) is 0.664. The van der Waals surface area contributed by atoms with E-state index in [1.54, 1.807) is 0 Å². The van der Waals surface area contributed by atoms with E-state index in [0.717, 1.165) is 26.2 Å². The van der Waals surface area contributed by atoms with Gasteiger partial charge in [0.25, 0.3) is 0 Å². The summed E-state index contributed by atoms with van der Waals surface area (Å²) in [6, 6.07) is 0. The smallest absolute Gasteiger partial charge is 0.0701 e. The lowest BCUT2D eigenvalue weighted by Gasteiger charge is -2.22. The van der Waals surface area contributed by atoms with Crippen LogP contribution in [0.2, 0.25) is 0 Å². The Kier molecular flexibility index (Phi) is 12.0. The van der Waals surface area contributed by atoms with E-state index >= 15 is 0 Å². The van der Waals surface area contributed by atoms with Gasteiger partial charge in [0.05, 0.1) is 52.9 Å². The van der Waals surface area contributed by atoms with Gasteiger partial charge in [-0.15, -0.1) is 0 Å². The van der Waals surface area contributed by atoms with Crippen LogP contribution in [-0.4, -0.2) is 112 Å². The summed E-state index contributed by atoms with van der Waals surface area (Å²) in [5, 5.41) is 18.1. The third kappa shape index (κ3) is 10.1. The highest BCUT2D eigenvalue weighted by molar-refractivity contribution is 4.59. The molecule has 7 heteroatoms. The fourth-order valence-corrected chi connectivity index (χ4v) is 2.15. The van der Waals surface area contributed by atoms with E-state index in [1.807, 2.05) is 0 Å². The summed E-state index contributed by atoms with van der Waals surface area (Å²) in [4.78, 5) is 4.26. The first kappa shape index (κ1) is 18.8. The topological polar surface area (TPSA) is 74.6 Å². The number of hydrogen-bond donors (Lipinski definition) is 2.